The molecule has 0 unspecified atom stereocenters. The van der Waals surface area contributed by atoms with Crippen LogP contribution in [-0.2, 0) is 13.1 Å². The van der Waals surface area contributed by atoms with Crippen molar-refractivity contribution < 1.29 is 14.3 Å². The van der Waals surface area contributed by atoms with Gasteiger partial charge in [-0.25, -0.2) is 0 Å². The minimum Gasteiger partial charge on any atom is -0.477 e. The van der Waals surface area contributed by atoms with Crippen LogP contribution in [0.3, 0.4) is 0 Å². The summed E-state index contributed by atoms with van der Waals surface area (Å²) >= 11 is 12.5. The van der Waals surface area contributed by atoms with Gasteiger partial charge in [0, 0.05) is 46.0 Å². The summed E-state index contributed by atoms with van der Waals surface area (Å²) < 4.78 is 12.0. The van der Waals surface area contributed by atoms with Gasteiger partial charge in [-0.05, 0) is 43.3 Å². The first-order valence-electron chi connectivity index (χ1n) is 9.81. The summed E-state index contributed by atoms with van der Waals surface area (Å²) in [5.41, 5.74) is 3.81. The number of rotatable bonds is 3. The van der Waals surface area contributed by atoms with Gasteiger partial charge in [-0.15, -0.1) is 0 Å². The quantitative estimate of drug-likeness (QED) is 0.479. The second kappa shape index (κ2) is 8.00. The van der Waals surface area contributed by atoms with Crippen LogP contribution in [0.1, 0.15) is 32.7 Å². The van der Waals surface area contributed by atoms with Crippen molar-refractivity contribution in [2.24, 2.45) is 0 Å². The Morgan fingerprint density at radius 2 is 1.94 bits per heavy atom. The highest BCUT2D eigenvalue weighted by Crippen LogP contribution is 2.43. The topological polar surface area (TPSA) is 51.7 Å². The molecule has 2 aromatic carbocycles. The molecule has 7 heteroatoms. The molecule has 0 saturated carbocycles. The van der Waals surface area contributed by atoms with E-state index in [1.807, 2.05) is 31.2 Å². The van der Waals surface area contributed by atoms with E-state index in [1.54, 1.807) is 30.5 Å². The Labute approximate surface area is 189 Å². The van der Waals surface area contributed by atoms with Crippen molar-refractivity contribution in [3.05, 3.63) is 92.4 Å². The molecule has 5 nitrogen and oxygen atoms in total. The third-order valence-corrected chi connectivity index (χ3v) is 6.05. The maximum atomic E-state index is 13.1. The van der Waals surface area contributed by atoms with Gasteiger partial charge in [-0.1, -0.05) is 35.3 Å². The molecule has 2 aliphatic rings. The number of ketones is 1. The lowest BCUT2D eigenvalue weighted by molar-refractivity contribution is 0.0865. The maximum absolute atomic E-state index is 13.1. The molecule has 0 amide bonds. The fourth-order valence-electron chi connectivity index (χ4n) is 3.90. The summed E-state index contributed by atoms with van der Waals surface area (Å²) in [7, 11) is 0. The van der Waals surface area contributed by atoms with E-state index in [-0.39, 0.29) is 11.5 Å². The summed E-state index contributed by atoms with van der Waals surface area (Å²) in [4.78, 5) is 19.6. The van der Waals surface area contributed by atoms with Crippen molar-refractivity contribution in [2.45, 2.75) is 20.0 Å². The van der Waals surface area contributed by atoms with Crippen LogP contribution < -0.4 is 9.47 Å². The van der Waals surface area contributed by atoms with Gasteiger partial charge in [-0.3, -0.25) is 14.7 Å². The second-order valence-electron chi connectivity index (χ2n) is 7.52. The van der Waals surface area contributed by atoms with Gasteiger partial charge in [0.25, 0.3) is 0 Å². The van der Waals surface area contributed by atoms with Gasteiger partial charge >= 0.3 is 0 Å². The largest absolute Gasteiger partial charge is 0.477 e. The van der Waals surface area contributed by atoms with Crippen molar-refractivity contribution >= 4 is 35.1 Å². The van der Waals surface area contributed by atoms with Crippen LogP contribution in [0.25, 0.3) is 6.08 Å². The standard InChI is InChI=1S/C24H18Cl2N2O3/c1-14-23-15(11-28(13-30-23)12-16-5-2-3-8-27-16)9-18-22(29)21(31-24(14)18)10-17-19(25)6-4-7-20(17)26/h2-10H,11-13H2,1H3/b21-10-. The molecule has 0 aliphatic carbocycles. The van der Waals surface area contributed by atoms with E-state index in [0.717, 1.165) is 22.6 Å². The first kappa shape index (κ1) is 20.1. The molecule has 0 radical (unpaired) electrons. The SMILES string of the molecule is Cc1c2c(cc3c1O/C(=C\c1c(Cl)cccc1Cl)C3=O)CN(Cc1ccccn1)CO2. The lowest BCUT2D eigenvalue weighted by Gasteiger charge is -2.30. The summed E-state index contributed by atoms with van der Waals surface area (Å²) in [6.45, 7) is 3.67. The van der Waals surface area contributed by atoms with Crippen LogP contribution in [0.2, 0.25) is 10.0 Å². The molecule has 2 aliphatic heterocycles. The van der Waals surface area contributed by atoms with Crippen molar-refractivity contribution in [1.29, 1.82) is 0 Å². The Morgan fingerprint density at radius 1 is 1.13 bits per heavy atom. The minimum absolute atomic E-state index is 0.195. The molecule has 3 aromatic rings. The van der Waals surface area contributed by atoms with E-state index < -0.39 is 0 Å². The predicted octanol–water partition coefficient (Wildman–Crippen LogP) is 5.67. The van der Waals surface area contributed by atoms with Crippen LogP contribution in [0, 0.1) is 6.92 Å². The molecule has 0 bridgehead atoms. The predicted molar refractivity (Wildman–Crippen MR) is 120 cm³/mol. The Hall–Kier alpha value is -2.86. The van der Waals surface area contributed by atoms with Crippen molar-refractivity contribution in [3.63, 3.8) is 0 Å². The highest BCUT2D eigenvalue weighted by Gasteiger charge is 2.34. The normalized spacial score (nSPS) is 16.6. The van der Waals surface area contributed by atoms with Gasteiger partial charge in [-0.2, -0.15) is 0 Å². The molecular formula is C24H18Cl2N2O3. The number of Topliss-reactive ketones (excluding diaryl/α,β-unsaturated/α-hetero) is 1. The van der Waals surface area contributed by atoms with E-state index in [1.165, 1.54) is 0 Å². The van der Waals surface area contributed by atoms with Gasteiger partial charge in [0.05, 0.1) is 11.3 Å². The fourth-order valence-corrected chi connectivity index (χ4v) is 4.40. The zero-order valence-electron chi connectivity index (χ0n) is 16.7. The summed E-state index contributed by atoms with van der Waals surface area (Å²) in [5, 5.41) is 0.911. The van der Waals surface area contributed by atoms with Crippen LogP contribution in [0.5, 0.6) is 11.5 Å². The highest BCUT2D eigenvalue weighted by molar-refractivity contribution is 6.37. The molecule has 5 rings (SSSR count). The number of fused-ring (bicyclic) bond motifs is 2. The number of hydrogen-bond donors (Lipinski definition) is 0. The van der Waals surface area contributed by atoms with Crippen molar-refractivity contribution in [3.8, 4) is 11.5 Å². The zero-order valence-corrected chi connectivity index (χ0v) is 18.2. The average Bonchev–Trinajstić information content (AvgIpc) is 3.07. The monoisotopic (exact) mass is 452 g/mol. The van der Waals surface area contributed by atoms with Crippen molar-refractivity contribution in [2.75, 3.05) is 6.73 Å². The smallest absolute Gasteiger partial charge is 0.231 e. The van der Waals surface area contributed by atoms with Crippen molar-refractivity contribution in [1.82, 2.24) is 9.88 Å². The molecule has 0 saturated heterocycles. The molecular weight excluding hydrogens is 435 g/mol. The first-order valence-corrected chi connectivity index (χ1v) is 10.6. The number of hydrogen-bond acceptors (Lipinski definition) is 5. The van der Waals surface area contributed by atoms with E-state index in [0.29, 0.717) is 46.7 Å². The summed E-state index contributed by atoms with van der Waals surface area (Å²) in [6.07, 6.45) is 3.37. The maximum Gasteiger partial charge on any atom is 0.231 e. The number of nitrogens with zero attached hydrogens (tertiary/aromatic N) is 2. The molecule has 31 heavy (non-hydrogen) atoms. The Kier molecular flexibility index (Phi) is 5.18. The van der Waals surface area contributed by atoms with E-state index in [4.69, 9.17) is 32.7 Å². The number of benzene rings is 2. The summed E-state index contributed by atoms with van der Waals surface area (Å²) in [5.74, 6) is 1.29. The average molecular weight is 453 g/mol. The second-order valence-corrected chi connectivity index (χ2v) is 8.34. The van der Waals surface area contributed by atoms with E-state index >= 15 is 0 Å². The van der Waals surface area contributed by atoms with Crippen LogP contribution in [0.15, 0.2) is 54.4 Å². The Bertz CT molecular complexity index is 1200. The number of ether oxygens (including phenoxy) is 2. The lowest BCUT2D eigenvalue weighted by Crippen LogP contribution is -2.32. The van der Waals surface area contributed by atoms with E-state index in [2.05, 4.69) is 9.88 Å². The van der Waals surface area contributed by atoms with Gasteiger partial charge in [0.2, 0.25) is 5.78 Å². The molecule has 3 heterocycles. The Morgan fingerprint density at radius 3 is 2.68 bits per heavy atom. The Balaban J connectivity index is 1.46. The molecule has 0 spiro atoms. The zero-order chi connectivity index (χ0) is 21.5. The first-order chi connectivity index (χ1) is 15.0. The molecule has 0 fully saturated rings. The molecule has 1 aromatic heterocycles. The number of carbonyl (C=O) groups is 1. The number of carbonyl (C=O) groups excluding carboxylic acids is 1. The molecule has 0 N–H and O–H groups in total. The highest BCUT2D eigenvalue weighted by atomic mass is 35.5. The number of pyridine rings is 1. The molecule has 0 atom stereocenters. The third-order valence-electron chi connectivity index (χ3n) is 5.39. The molecule has 156 valence electrons. The number of allylic oxidation sites excluding steroid dienone is 1. The third kappa shape index (κ3) is 3.69. The van der Waals surface area contributed by atoms with Gasteiger partial charge in [0.15, 0.2) is 5.76 Å². The summed E-state index contributed by atoms with van der Waals surface area (Å²) in [6, 6.07) is 12.9. The van der Waals surface area contributed by atoms with Crippen LogP contribution in [0.4, 0.5) is 0 Å². The fraction of sp³-hybridized carbons (Fsp3) is 0.167. The number of aromatic nitrogens is 1. The van der Waals surface area contributed by atoms with Gasteiger partial charge < -0.3 is 9.47 Å². The van der Waals surface area contributed by atoms with Gasteiger partial charge in [0.1, 0.15) is 18.2 Å². The van der Waals surface area contributed by atoms with Crippen LogP contribution in [-0.4, -0.2) is 22.4 Å². The minimum atomic E-state index is -0.196. The van der Waals surface area contributed by atoms with E-state index in [9.17, 15) is 4.79 Å². The number of halogens is 2. The lowest BCUT2D eigenvalue weighted by atomic mass is 10.00. The van der Waals surface area contributed by atoms with Crippen LogP contribution >= 0.6 is 23.2 Å².